The van der Waals surface area contributed by atoms with Crippen LogP contribution in [0.1, 0.15) is 5.69 Å². The molecule has 1 fully saturated rings. The Bertz CT molecular complexity index is 1450. The highest BCUT2D eigenvalue weighted by Gasteiger charge is 2.17. The monoisotopic (exact) mass is 473 g/mol. The molecule has 1 N–H and O–H groups in total. The van der Waals surface area contributed by atoms with Crippen molar-refractivity contribution in [1.29, 1.82) is 0 Å². The van der Waals surface area contributed by atoms with E-state index in [-0.39, 0.29) is 0 Å². The average molecular weight is 474 g/mol. The third kappa shape index (κ3) is 4.76. The van der Waals surface area contributed by atoms with Crippen molar-refractivity contribution >= 4 is 22.7 Å². The normalized spacial score (nSPS) is 13.6. The van der Waals surface area contributed by atoms with Gasteiger partial charge in [0.25, 0.3) is 0 Å². The first-order chi connectivity index (χ1) is 17.8. The molecule has 178 valence electrons. The van der Waals surface area contributed by atoms with Crippen LogP contribution in [0.5, 0.6) is 0 Å². The molecule has 6 rings (SSSR count). The Morgan fingerprint density at radius 1 is 0.722 bits per heavy atom. The highest BCUT2D eigenvalue weighted by Crippen LogP contribution is 2.30. The Hall–Kier alpha value is -4.29. The van der Waals surface area contributed by atoms with Crippen molar-refractivity contribution in [1.82, 2.24) is 15.0 Å². The number of nitrogens with one attached hydrogen (secondary N) is 1. The summed E-state index contributed by atoms with van der Waals surface area (Å²) in [6, 6.07) is 31.5. The van der Waals surface area contributed by atoms with Gasteiger partial charge in [-0.25, -0.2) is 4.98 Å². The third-order valence-corrected chi connectivity index (χ3v) is 6.47. The summed E-state index contributed by atoms with van der Waals surface area (Å²) in [5, 5.41) is 4.49. The molecule has 36 heavy (non-hydrogen) atoms. The molecule has 0 bridgehead atoms. The van der Waals surface area contributed by atoms with Gasteiger partial charge in [0.1, 0.15) is 5.82 Å². The molecule has 1 aliphatic heterocycles. The quantitative estimate of drug-likeness (QED) is 0.336. The lowest BCUT2D eigenvalue weighted by molar-refractivity contribution is 0.122. The molecule has 0 amide bonds. The van der Waals surface area contributed by atoms with Crippen molar-refractivity contribution < 1.29 is 4.74 Å². The smallest absolute Gasteiger partial charge is 0.228 e. The Balaban J connectivity index is 1.35. The summed E-state index contributed by atoms with van der Waals surface area (Å²) in [6.45, 7) is 3.54. The number of fused-ring (bicyclic) bond motifs is 1. The van der Waals surface area contributed by atoms with Crippen molar-refractivity contribution in [3.8, 4) is 22.3 Å². The molecule has 3 heterocycles. The van der Waals surface area contributed by atoms with Gasteiger partial charge in [-0.05, 0) is 46.5 Å². The molecule has 0 radical (unpaired) electrons. The number of aromatic nitrogens is 3. The van der Waals surface area contributed by atoms with Crippen LogP contribution >= 0.6 is 0 Å². The number of nitrogens with zero attached hydrogens (tertiary/aromatic N) is 4. The summed E-state index contributed by atoms with van der Waals surface area (Å²) in [5.74, 6) is 1.55. The molecule has 0 atom stereocenters. The van der Waals surface area contributed by atoms with Crippen LogP contribution in [0.25, 0.3) is 33.2 Å². The zero-order chi connectivity index (χ0) is 24.2. The van der Waals surface area contributed by atoms with E-state index in [9.17, 15) is 0 Å². The predicted octanol–water partition coefficient (Wildman–Crippen LogP) is 5.81. The second-order valence-corrected chi connectivity index (χ2v) is 8.82. The molecule has 1 aliphatic rings. The SMILES string of the molecule is c1ccc(-c2ccc(-c3ccc4c(NCc5ccccn5)nc(N5CCOCC5)nc4c3)cc2)cc1. The zero-order valence-electron chi connectivity index (χ0n) is 20.0. The van der Waals surface area contributed by atoms with Crippen molar-refractivity contribution in [3.05, 3.63) is 103 Å². The van der Waals surface area contributed by atoms with Crippen LogP contribution in [-0.4, -0.2) is 41.3 Å². The number of rotatable bonds is 6. The largest absolute Gasteiger partial charge is 0.378 e. The number of pyridine rings is 1. The van der Waals surface area contributed by atoms with Gasteiger partial charge in [0.05, 0.1) is 31.0 Å². The standard InChI is InChI=1S/C30H27N5O/c1-2-6-22(7-3-1)23-9-11-24(12-10-23)25-13-14-27-28(20-25)33-30(35-16-18-36-19-17-35)34-29(27)32-21-26-8-4-5-15-31-26/h1-15,20H,16-19,21H2,(H,32,33,34). The molecule has 0 unspecified atom stereocenters. The molecule has 6 heteroatoms. The fourth-order valence-electron chi connectivity index (χ4n) is 4.50. The number of benzene rings is 3. The summed E-state index contributed by atoms with van der Waals surface area (Å²) in [7, 11) is 0. The molecule has 5 aromatic rings. The summed E-state index contributed by atoms with van der Waals surface area (Å²) < 4.78 is 5.54. The molecule has 6 nitrogen and oxygen atoms in total. The molecule has 1 saturated heterocycles. The maximum absolute atomic E-state index is 5.54. The zero-order valence-corrected chi connectivity index (χ0v) is 20.0. The predicted molar refractivity (Wildman–Crippen MR) is 145 cm³/mol. The Kier molecular flexibility index (Phi) is 6.25. The minimum absolute atomic E-state index is 0.595. The van der Waals surface area contributed by atoms with Crippen LogP contribution in [0.2, 0.25) is 0 Å². The lowest BCUT2D eigenvalue weighted by atomic mass is 9.99. The van der Waals surface area contributed by atoms with E-state index >= 15 is 0 Å². The number of hydrogen-bond donors (Lipinski definition) is 1. The van der Waals surface area contributed by atoms with Crippen molar-refractivity contribution in [3.63, 3.8) is 0 Å². The molecule has 0 spiro atoms. The summed E-state index contributed by atoms with van der Waals surface area (Å²) in [4.78, 5) is 16.5. The molecular formula is C30H27N5O. The Labute approximate surface area is 210 Å². The van der Waals surface area contributed by atoms with Crippen molar-refractivity contribution in [2.75, 3.05) is 36.5 Å². The fourth-order valence-corrected chi connectivity index (χ4v) is 4.50. The summed E-state index contributed by atoms with van der Waals surface area (Å²) >= 11 is 0. The van der Waals surface area contributed by atoms with Gasteiger partial charge in [-0.1, -0.05) is 66.7 Å². The minimum Gasteiger partial charge on any atom is -0.378 e. The first-order valence-corrected chi connectivity index (χ1v) is 12.3. The first kappa shape index (κ1) is 22.2. The summed E-state index contributed by atoms with van der Waals surface area (Å²) in [5.41, 5.74) is 6.59. The van der Waals surface area contributed by atoms with E-state index in [2.05, 4.69) is 81.9 Å². The van der Waals surface area contributed by atoms with Crippen LogP contribution in [0.3, 0.4) is 0 Å². The third-order valence-electron chi connectivity index (χ3n) is 6.47. The van der Waals surface area contributed by atoms with E-state index in [4.69, 9.17) is 14.7 Å². The maximum Gasteiger partial charge on any atom is 0.228 e. The lowest BCUT2D eigenvalue weighted by Gasteiger charge is -2.27. The van der Waals surface area contributed by atoms with Crippen molar-refractivity contribution in [2.24, 2.45) is 0 Å². The van der Waals surface area contributed by atoms with Crippen LogP contribution in [-0.2, 0) is 11.3 Å². The van der Waals surface area contributed by atoms with Gasteiger partial charge < -0.3 is 15.0 Å². The molecule has 0 aliphatic carbocycles. The van der Waals surface area contributed by atoms with E-state index in [1.54, 1.807) is 0 Å². The van der Waals surface area contributed by atoms with Gasteiger partial charge in [-0.3, -0.25) is 4.98 Å². The highest BCUT2D eigenvalue weighted by atomic mass is 16.5. The van der Waals surface area contributed by atoms with E-state index in [1.807, 2.05) is 30.5 Å². The fraction of sp³-hybridized carbons (Fsp3) is 0.167. The lowest BCUT2D eigenvalue weighted by Crippen LogP contribution is -2.37. The van der Waals surface area contributed by atoms with Crippen LogP contribution in [0, 0.1) is 0 Å². The van der Waals surface area contributed by atoms with E-state index < -0.39 is 0 Å². The number of morpholine rings is 1. The van der Waals surface area contributed by atoms with Gasteiger partial charge in [-0.2, -0.15) is 4.98 Å². The van der Waals surface area contributed by atoms with Gasteiger partial charge in [-0.15, -0.1) is 0 Å². The highest BCUT2D eigenvalue weighted by molar-refractivity contribution is 5.93. The topological polar surface area (TPSA) is 63.2 Å². The first-order valence-electron chi connectivity index (χ1n) is 12.3. The average Bonchev–Trinajstić information content (AvgIpc) is 2.97. The van der Waals surface area contributed by atoms with E-state index in [0.717, 1.165) is 52.6 Å². The second-order valence-electron chi connectivity index (χ2n) is 8.82. The van der Waals surface area contributed by atoms with Gasteiger partial charge >= 0.3 is 0 Å². The number of ether oxygens (including phenoxy) is 1. The number of hydrogen-bond acceptors (Lipinski definition) is 6. The molecule has 2 aromatic heterocycles. The minimum atomic E-state index is 0.595. The van der Waals surface area contributed by atoms with Crippen molar-refractivity contribution in [2.45, 2.75) is 6.54 Å². The van der Waals surface area contributed by atoms with Gasteiger partial charge in [0.2, 0.25) is 5.95 Å². The van der Waals surface area contributed by atoms with Gasteiger partial charge in [0.15, 0.2) is 0 Å². The Morgan fingerprint density at radius 2 is 1.42 bits per heavy atom. The van der Waals surface area contributed by atoms with Crippen LogP contribution in [0.15, 0.2) is 97.2 Å². The number of anilines is 2. The van der Waals surface area contributed by atoms with Gasteiger partial charge in [0, 0.05) is 24.7 Å². The second kappa shape index (κ2) is 10.1. The summed E-state index contributed by atoms with van der Waals surface area (Å²) in [6.07, 6.45) is 1.81. The maximum atomic E-state index is 5.54. The van der Waals surface area contributed by atoms with E-state index in [0.29, 0.717) is 19.8 Å². The van der Waals surface area contributed by atoms with Crippen LogP contribution in [0.4, 0.5) is 11.8 Å². The van der Waals surface area contributed by atoms with Crippen LogP contribution < -0.4 is 10.2 Å². The molecular weight excluding hydrogens is 446 g/mol. The van der Waals surface area contributed by atoms with E-state index in [1.165, 1.54) is 11.1 Å². The Morgan fingerprint density at radius 3 is 2.17 bits per heavy atom. The molecule has 3 aromatic carbocycles. The molecule has 0 saturated carbocycles.